The Morgan fingerprint density at radius 2 is 1.57 bits per heavy atom. The summed E-state index contributed by atoms with van der Waals surface area (Å²) >= 11 is 12.1. The summed E-state index contributed by atoms with van der Waals surface area (Å²) in [6, 6.07) is 16.2. The minimum atomic E-state index is -4.19. The molecule has 0 aliphatic heterocycles. The Kier molecular flexibility index (Phi) is 10.8. The van der Waals surface area contributed by atoms with E-state index in [0.717, 1.165) is 4.90 Å². The quantitative estimate of drug-likeness (QED) is 0.178. The Morgan fingerprint density at radius 1 is 0.950 bits per heavy atom. The summed E-state index contributed by atoms with van der Waals surface area (Å²) in [6.45, 7) is -1.37. The van der Waals surface area contributed by atoms with Crippen LogP contribution in [0.1, 0.15) is 10.4 Å². The lowest BCUT2D eigenvalue weighted by Crippen LogP contribution is -2.50. The predicted molar refractivity (Wildman–Crippen MR) is 148 cm³/mol. The molecule has 0 heterocycles. The first-order valence-corrected chi connectivity index (χ1v) is 14.0. The molecule has 0 saturated carbocycles. The number of nitrogens with zero attached hydrogens (tertiary/aromatic N) is 1. The maximum atomic E-state index is 13.2. The number of nitrogens with one attached hydrogen (secondary N) is 1. The highest BCUT2D eigenvalue weighted by molar-refractivity contribution is 7.92. The van der Waals surface area contributed by atoms with E-state index in [1.807, 2.05) is 0 Å². The summed E-state index contributed by atoms with van der Waals surface area (Å²) in [4.78, 5) is 14.0. The average molecular weight is 615 g/mol. The van der Waals surface area contributed by atoms with E-state index in [4.69, 9.17) is 33.0 Å². The third kappa shape index (κ3) is 7.83. The molecule has 0 fully saturated rings. The molecule has 1 amide bonds. The van der Waals surface area contributed by atoms with Crippen molar-refractivity contribution in [1.29, 1.82) is 0 Å². The fraction of sp³-hybridized carbons (Fsp3) is 0.269. The number of anilines is 1. The summed E-state index contributed by atoms with van der Waals surface area (Å²) in [5.41, 5.74) is -0.265. The molecule has 3 rings (SSSR count). The smallest absolute Gasteiger partial charge is 0.261 e. The molecule has 11 nitrogen and oxygen atoms in total. The predicted octanol–water partition coefficient (Wildman–Crippen LogP) is 2.09. The van der Waals surface area contributed by atoms with Crippen LogP contribution >= 0.6 is 23.2 Å². The molecule has 216 valence electrons. The highest BCUT2D eigenvalue weighted by Gasteiger charge is 2.32. The molecule has 0 saturated heterocycles. The molecule has 0 bridgehead atoms. The number of hydrogen-bond acceptors (Lipinski definition) is 9. The molecule has 6 N–H and O–H groups in total. The molecule has 0 radical (unpaired) electrons. The van der Waals surface area contributed by atoms with Crippen LogP contribution in [0.4, 0.5) is 5.69 Å². The van der Waals surface area contributed by atoms with Crippen molar-refractivity contribution in [2.24, 2.45) is 0 Å². The Morgan fingerprint density at radius 3 is 2.20 bits per heavy atom. The fourth-order valence-corrected chi connectivity index (χ4v) is 4.99. The van der Waals surface area contributed by atoms with E-state index in [1.54, 1.807) is 24.3 Å². The minimum Gasteiger partial charge on any atom is -0.456 e. The molecule has 0 unspecified atom stereocenters. The van der Waals surface area contributed by atoms with E-state index in [9.17, 15) is 33.6 Å². The summed E-state index contributed by atoms with van der Waals surface area (Å²) < 4.78 is 34.3. The normalized spacial score (nSPS) is 14.6. The molecule has 0 aliphatic rings. The van der Waals surface area contributed by atoms with Crippen LogP contribution in [0.2, 0.25) is 10.0 Å². The Bertz CT molecular complexity index is 1420. The van der Waals surface area contributed by atoms with Crippen molar-refractivity contribution in [3.63, 3.8) is 0 Å². The molecule has 3 aromatic carbocycles. The fourth-order valence-electron chi connectivity index (χ4n) is 3.57. The summed E-state index contributed by atoms with van der Waals surface area (Å²) in [5.74, 6) is -0.0383. The monoisotopic (exact) mass is 614 g/mol. The topological polar surface area (TPSA) is 177 Å². The number of amides is 1. The van der Waals surface area contributed by atoms with Gasteiger partial charge in [-0.2, -0.15) is 0 Å². The number of aliphatic hydroxyl groups is 5. The molecule has 3 aromatic rings. The van der Waals surface area contributed by atoms with Crippen molar-refractivity contribution < 1.29 is 43.5 Å². The van der Waals surface area contributed by atoms with Crippen LogP contribution < -0.4 is 9.46 Å². The largest absolute Gasteiger partial charge is 0.456 e. The van der Waals surface area contributed by atoms with Gasteiger partial charge in [-0.05, 0) is 54.6 Å². The number of aliphatic hydroxyl groups excluding tert-OH is 5. The number of benzene rings is 3. The standard InChI is InChI=1S/C26H28Cl2N2O9S/c1-30(13-21(32)24(34)25(35)22(33)14-31)26(36)18-12-15(27)6-11-20(18)29-40(37,38)17-9-7-16(8-10-17)39-23-5-3-2-4-19(23)28/h2-12,21-22,24-25,29,31-35H,13-14H2,1H3/t21-,22+,24+,25+/m0/s1. The van der Waals surface area contributed by atoms with Gasteiger partial charge in [0, 0.05) is 18.6 Å². The van der Waals surface area contributed by atoms with E-state index in [-0.39, 0.29) is 21.2 Å². The third-order valence-corrected chi connectivity index (χ3v) is 7.72. The number of para-hydroxylation sites is 1. The van der Waals surface area contributed by atoms with Crippen LogP contribution in [0.3, 0.4) is 0 Å². The molecule has 40 heavy (non-hydrogen) atoms. The van der Waals surface area contributed by atoms with Crippen molar-refractivity contribution >= 4 is 44.8 Å². The van der Waals surface area contributed by atoms with Crippen LogP contribution in [-0.2, 0) is 10.0 Å². The van der Waals surface area contributed by atoms with Crippen molar-refractivity contribution in [3.05, 3.63) is 82.3 Å². The van der Waals surface area contributed by atoms with Gasteiger partial charge in [0.05, 0.1) is 27.8 Å². The van der Waals surface area contributed by atoms with Gasteiger partial charge in [-0.3, -0.25) is 9.52 Å². The second-order valence-corrected chi connectivity index (χ2v) is 11.3. The van der Waals surface area contributed by atoms with E-state index in [1.165, 1.54) is 49.5 Å². The molecular weight excluding hydrogens is 587 g/mol. The zero-order valence-corrected chi connectivity index (χ0v) is 23.4. The maximum absolute atomic E-state index is 13.2. The van der Waals surface area contributed by atoms with Gasteiger partial charge < -0.3 is 35.2 Å². The number of ether oxygens (including phenoxy) is 1. The van der Waals surface area contributed by atoms with E-state index in [2.05, 4.69) is 4.72 Å². The van der Waals surface area contributed by atoms with Crippen molar-refractivity contribution in [2.75, 3.05) is 24.9 Å². The minimum absolute atomic E-state index is 0.108. The average Bonchev–Trinajstić information content (AvgIpc) is 2.93. The number of hydrogen-bond donors (Lipinski definition) is 6. The first-order valence-electron chi connectivity index (χ1n) is 11.8. The molecule has 0 spiro atoms. The SMILES string of the molecule is CN(C[C@H](O)[C@@H](O)[C@H](O)[C@H](O)CO)C(=O)c1cc(Cl)ccc1NS(=O)(=O)c1ccc(Oc2ccccc2Cl)cc1. The molecule has 4 atom stereocenters. The van der Waals surface area contributed by atoms with Gasteiger partial charge in [-0.1, -0.05) is 35.3 Å². The molecule has 14 heteroatoms. The van der Waals surface area contributed by atoms with Crippen molar-refractivity contribution in [1.82, 2.24) is 4.90 Å². The number of rotatable bonds is 12. The van der Waals surface area contributed by atoms with Crippen LogP contribution in [-0.4, -0.2) is 89.4 Å². The Labute approximate surface area is 240 Å². The third-order valence-electron chi connectivity index (χ3n) is 5.79. The summed E-state index contributed by atoms with van der Waals surface area (Å²) in [7, 11) is -2.92. The van der Waals surface area contributed by atoms with Crippen LogP contribution in [0.15, 0.2) is 71.6 Å². The van der Waals surface area contributed by atoms with Gasteiger partial charge in [0.1, 0.15) is 35.9 Å². The van der Waals surface area contributed by atoms with Crippen molar-refractivity contribution in [2.45, 2.75) is 29.3 Å². The molecule has 0 aromatic heterocycles. The highest BCUT2D eigenvalue weighted by atomic mass is 35.5. The van der Waals surface area contributed by atoms with Crippen LogP contribution in [0, 0.1) is 0 Å². The lowest BCUT2D eigenvalue weighted by molar-refractivity contribution is -0.117. The van der Waals surface area contributed by atoms with Crippen molar-refractivity contribution in [3.8, 4) is 11.5 Å². The first-order chi connectivity index (χ1) is 18.8. The Hall–Kier alpha value is -2.94. The lowest BCUT2D eigenvalue weighted by atomic mass is 10.0. The van der Waals surface area contributed by atoms with Gasteiger partial charge in [0.15, 0.2) is 0 Å². The van der Waals surface area contributed by atoms with Gasteiger partial charge >= 0.3 is 0 Å². The van der Waals surface area contributed by atoms with Crippen LogP contribution in [0.5, 0.6) is 11.5 Å². The highest BCUT2D eigenvalue weighted by Crippen LogP contribution is 2.30. The van der Waals surface area contributed by atoms with Gasteiger partial charge in [0.25, 0.3) is 15.9 Å². The first kappa shape index (κ1) is 31.6. The van der Waals surface area contributed by atoms with E-state index < -0.39 is 53.5 Å². The van der Waals surface area contributed by atoms with E-state index in [0.29, 0.717) is 16.5 Å². The second-order valence-electron chi connectivity index (χ2n) is 8.78. The van der Waals surface area contributed by atoms with Crippen LogP contribution in [0.25, 0.3) is 0 Å². The van der Waals surface area contributed by atoms with Gasteiger partial charge in [-0.25, -0.2) is 8.42 Å². The number of carbonyl (C=O) groups excluding carboxylic acids is 1. The second kappa shape index (κ2) is 13.6. The van der Waals surface area contributed by atoms with Gasteiger partial charge in [-0.15, -0.1) is 0 Å². The summed E-state index contributed by atoms with van der Waals surface area (Å²) in [5, 5.41) is 49.0. The number of carbonyl (C=O) groups is 1. The summed E-state index contributed by atoms with van der Waals surface area (Å²) in [6.07, 6.45) is -7.19. The van der Waals surface area contributed by atoms with Gasteiger partial charge in [0.2, 0.25) is 0 Å². The number of likely N-dealkylation sites (N-methyl/N-ethyl adjacent to an activating group) is 1. The lowest BCUT2D eigenvalue weighted by Gasteiger charge is -2.29. The Balaban J connectivity index is 1.77. The molecular formula is C26H28Cl2N2O9S. The molecule has 0 aliphatic carbocycles. The zero-order valence-electron chi connectivity index (χ0n) is 21.1. The zero-order chi connectivity index (χ0) is 29.6. The number of sulfonamides is 1. The van der Waals surface area contributed by atoms with E-state index >= 15 is 0 Å². The maximum Gasteiger partial charge on any atom is 0.261 e. The number of halogens is 2.